The first-order valence-corrected chi connectivity index (χ1v) is 8.91. The molecule has 6 heteroatoms. The molecule has 0 amide bonds. The van der Waals surface area contributed by atoms with E-state index in [2.05, 4.69) is 12.0 Å². The van der Waals surface area contributed by atoms with E-state index in [1.807, 2.05) is 30.3 Å². The Hall–Kier alpha value is -2.53. The standard InChI is InChI=1S/C20H22ClN3O2/c1-13-12-24(23-20(13)15-5-3-4-6-17(15)25)19(22)10-8-14-7-9-18(26-2)16(21)11-14/h3-7,9,11,13,22,25H,8,10,12H2,1-2H3. The van der Waals surface area contributed by atoms with E-state index in [0.29, 0.717) is 36.0 Å². The molecule has 3 rings (SSSR count). The van der Waals surface area contributed by atoms with Crippen LogP contribution in [-0.4, -0.2) is 35.3 Å². The number of nitrogens with zero attached hydrogens (tertiary/aromatic N) is 2. The minimum atomic E-state index is 0.152. The number of benzene rings is 2. The number of nitrogens with one attached hydrogen (secondary N) is 1. The van der Waals surface area contributed by atoms with Gasteiger partial charge in [0.05, 0.1) is 24.4 Å². The Morgan fingerprint density at radius 1 is 1.35 bits per heavy atom. The van der Waals surface area contributed by atoms with Gasteiger partial charge in [0.1, 0.15) is 17.3 Å². The SMILES string of the molecule is COc1ccc(CCC(=N)N2CC(C)C(c3ccccc3O)=N2)cc1Cl. The Kier molecular flexibility index (Phi) is 5.47. The van der Waals surface area contributed by atoms with E-state index >= 15 is 0 Å². The summed E-state index contributed by atoms with van der Waals surface area (Å²) in [6.07, 6.45) is 1.27. The monoisotopic (exact) mass is 371 g/mol. The molecule has 1 unspecified atom stereocenters. The number of hydrogen-bond donors (Lipinski definition) is 2. The van der Waals surface area contributed by atoms with Crippen LogP contribution in [0.3, 0.4) is 0 Å². The first-order chi connectivity index (χ1) is 12.5. The van der Waals surface area contributed by atoms with Gasteiger partial charge in [0.15, 0.2) is 0 Å². The van der Waals surface area contributed by atoms with E-state index in [1.165, 1.54) is 0 Å². The molecule has 1 aliphatic rings. The van der Waals surface area contributed by atoms with Gasteiger partial charge < -0.3 is 9.84 Å². The molecule has 0 saturated carbocycles. The molecule has 0 spiro atoms. The van der Waals surface area contributed by atoms with Gasteiger partial charge in [0.2, 0.25) is 0 Å². The first-order valence-electron chi connectivity index (χ1n) is 8.54. The summed E-state index contributed by atoms with van der Waals surface area (Å²) in [4.78, 5) is 0. The van der Waals surface area contributed by atoms with Crippen LogP contribution in [-0.2, 0) is 6.42 Å². The smallest absolute Gasteiger partial charge is 0.137 e. The lowest BCUT2D eigenvalue weighted by Crippen LogP contribution is -2.25. The van der Waals surface area contributed by atoms with E-state index < -0.39 is 0 Å². The van der Waals surface area contributed by atoms with Gasteiger partial charge in [-0.25, -0.2) is 0 Å². The summed E-state index contributed by atoms with van der Waals surface area (Å²) in [5, 5.41) is 25.3. The maximum absolute atomic E-state index is 10.1. The minimum absolute atomic E-state index is 0.152. The second kappa shape index (κ2) is 7.79. The highest BCUT2D eigenvalue weighted by molar-refractivity contribution is 6.32. The largest absolute Gasteiger partial charge is 0.507 e. The number of aromatic hydroxyl groups is 1. The number of halogens is 1. The fourth-order valence-corrected chi connectivity index (χ4v) is 3.33. The first kappa shape index (κ1) is 18.3. The molecular formula is C20H22ClN3O2. The summed E-state index contributed by atoms with van der Waals surface area (Å²) < 4.78 is 5.16. The molecule has 0 bridgehead atoms. The quantitative estimate of drug-likeness (QED) is 0.607. The Morgan fingerprint density at radius 2 is 2.12 bits per heavy atom. The van der Waals surface area contributed by atoms with Crippen molar-refractivity contribution in [3.05, 3.63) is 58.6 Å². The molecule has 1 atom stereocenters. The molecule has 1 aliphatic heterocycles. The lowest BCUT2D eigenvalue weighted by Gasteiger charge is -2.15. The van der Waals surface area contributed by atoms with E-state index in [-0.39, 0.29) is 11.7 Å². The molecule has 1 heterocycles. The molecule has 2 aromatic carbocycles. The Balaban J connectivity index is 1.67. The zero-order chi connectivity index (χ0) is 18.7. The van der Waals surface area contributed by atoms with Crippen molar-refractivity contribution in [1.29, 1.82) is 5.41 Å². The number of aryl methyl sites for hydroxylation is 1. The van der Waals surface area contributed by atoms with Crippen LogP contribution in [0.1, 0.15) is 24.5 Å². The summed E-state index contributed by atoms with van der Waals surface area (Å²) >= 11 is 6.16. The van der Waals surface area contributed by atoms with Gasteiger partial charge in [-0.15, -0.1) is 0 Å². The molecule has 136 valence electrons. The summed E-state index contributed by atoms with van der Waals surface area (Å²) in [6, 6.07) is 12.9. The van der Waals surface area contributed by atoms with Crippen molar-refractivity contribution in [1.82, 2.24) is 5.01 Å². The van der Waals surface area contributed by atoms with Crippen LogP contribution in [0.2, 0.25) is 5.02 Å². The lowest BCUT2D eigenvalue weighted by atomic mass is 9.98. The Bertz CT molecular complexity index is 851. The number of phenolic OH excluding ortho intramolecular Hbond substituents is 1. The molecule has 2 aromatic rings. The molecule has 0 saturated heterocycles. The molecule has 0 radical (unpaired) electrons. The van der Waals surface area contributed by atoms with E-state index in [0.717, 1.165) is 16.8 Å². The van der Waals surface area contributed by atoms with E-state index in [4.69, 9.17) is 21.7 Å². The Labute approximate surface area is 158 Å². The van der Waals surface area contributed by atoms with Crippen molar-refractivity contribution < 1.29 is 9.84 Å². The van der Waals surface area contributed by atoms with Crippen molar-refractivity contribution in [3.8, 4) is 11.5 Å². The summed E-state index contributed by atoms with van der Waals surface area (Å²) in [5.41, 5.74) is 2.61. The van der Waals surface area contributed by atoms with Crippen LogP contribution in [0.4, 0.5) is 0 Å². The third kappa shape index (κ3) is 3.83. The van der Waals surface area contributed by atoms with Crippen molar-refractivity contribution in [3.63, 3.8) is 0 Å². The third-order valence-corrected chi connectivity index (χ3v) is 4.80. The van der Waals surface area contributed by atoms with Gasteiger partial charge in [-0.3, -0.25) is 10.4 Å². The second-order valence-corrected chi connectivity index (χ2v) is 6.81. The fourth-order valence-electron chi connectivity index (χ4n) is 3.05. The highest BCUT2D eigenvalue weighted by Gasteiger charge is 2.27. The number of amidine groups is 1. The molecular weight excluding hydrogens is 350 g/mol. The summed E-state index contributed by atoms with van der Waals surface area (Å²) in [7, 11) is 1.59. The molecule has 5 nitrogen and oxygen atoms in total. The second-order valence-electron chi connectivity index (χ2n) is 6.40. The van der Waals surface area contributed by atoms with E-state index in [1.54, 1.807) is 24.3 Å². The van der Waals surface area contributed by atoms with Crippen molar-refractivity contribution in [2.75, 3.05) is 13.7 Å². The van der Waals surface area contributed by atoms with Crippen LogP contribution >= 0.6 is 11.6 Å². The Morgan fingerprint density at radius 3 is 2.81 bits per heavy atom. The van der Waals surface area contributed by atoms with Gasteiger partial charge in [-0.05, 0) is 36.2 Å². The van der Waals surface area contributed by atoms with Crippen LogP contribution in [0.5, 0.6) is 11.5 Å². The average molecular weight is 372 g/mol. The van der Waals surface area contributed by atoms with Crippen molar-refractivity contribution in [2.24, 2.45) is 11.0 Å². The van der Waals surface area contributed by atoms with Gasteiger partial charge in [0, 0.05) is 17.9 Å². The summed E-state index contributed by atoms with van der Waals surface area (Å²) in [5.74, 6) is 1.48. The van der Waals surface area contributed by atoms with Crippen molar-refractivity contribution >= 4 is 23.1 Å². The fraction of sp³-hybridized carbons (Fsp3) is 0.300. The molecule has 2 N–H and O–H groups in total. The van der Waals surface area contributed by atoms with Crippen LogP contribution in [0.15, 0.2) is 47.6 Å². The zero-order valence-electron chi connectivity index (χ0n) is 14.9. The summed E-state index contributed by atoms with van der Waals surface area (Å²) in [6.45, 7) is 2.70. The topological polar surface area (TPSA) is 68.9 Å². The number of methoxy groups -OCH3 is 1. The van der Waals surface area contributed by atoms with Gasteiger partial charge >= 0.3 is 0 Å². The zero-order valence-corrected chi connectivity index (χ0v) is 15.6. The van der Waals surface area contributed by atoms with Crippen LogP contribution in [0, 0.1) is 11.3 Å². The number of phenols is 1. The van der Waals surface area contributed by atoms with Crippen LogP contribution < -0.4 is 4.74 Å². The van der Waals surface area contributed by atoms with E-state index in [9.17, 15) is 5.11 Å². The maximum atomic E-state index is 10.1. The molecule has 0 fully saturated rings. The molecule has 26 heavy (non-hydrogen) atoms. The number of para-hydroxylation sites is 1. The number of hydrazone groups is 1. The van der Waals surface area contributed by atoms with Gasteiger partial charge in [-0.1, -0.05) is 36.7 Å². The predicted molar refractivity (Wildman–Crippen MR) is 105 cm³/mol. The maximum Gasteiger partial charge on any atom is 0.137 e. The highest BCUT2D eigenvalue weighted by Crippen LogP contribution is 2.27. The van der Waals surface area contributed by atoms with Gasteiger partial charge in [-0.2, -0.15) is 5.10 Å². The van der Waals surface area contributed by atoms with Crippen LogP contribution in [0.25, 0.3) is 0 Å². The minimum Gasteiger partial charge on any atom is -0.507 e. The number of ether oxygens (including phenoxy) is 1. The predicted octanol–water partition coefficient (Wildman–Crippen LogP) is 4.32. The van der Waals surface area contributed by atoms with Crippen molar-refractivity contribution in [2.45, 2.75) is 19.8 Å². The highest BCUT2D eigenvalue weighted by atomic mass is 35.5. The van der Waals surface area contributed by atoms with Gasteiger partial charge in [0.25, 0.3) is 0 Å². The molecule has 0 aromatic heterocycles. The lowest BCUT2D eigenvalue weighted by molar-refractivity contribution is 0.415. The normalized spacial score (nSPS) is 16.5. The number of hydrogen-bond acceptors (Lipinski definition) is 4. The molecule has 0 aliphatic carbocycles. The average Bonchev–Trinajstić information content (AvgIpc) is 3.02. The number of rotatable bonds is 5. The third-order valence-electron chi connectivity index (χ3n) is 4.50.